The first kappa shape index (κ1) is 11.9. The van der Waals surface area contributed by atoms with Crippen LogP contribution in [0.4, 0.5) is 0 Å². The van der Waals surface area contributed by atoms with E-state index in [2.05, 4.69) is 0 Å². The summed E-state index contributed by atoms with van der Waals surface area (Å²) in [5.74, 6) is -1.07. The van der Waals surface area contributed by atoms with Crippen LogP contribution in [0.15, 0.2) is 48.5 Å². The van der Waals surface area contributed by atoms with E-state index < -0.39 is 5.97 Å². The van der Waals surface area contributed by atoms with Crippen molar-refractivity contribution >= 4 is 44.6 Å². The summed E-state index contributed by atoms with van der Waals surface area (Å²) in [4.78, 5) is 22.8. The van der Waals surface area contributed by atoms with Gasteiger partial charge < -0.3 is 5.11 Å². The van der Waals surface area contributed by atoms with E-state index in [0.29, 0.717) is 11.7 Å². The average molecular weight is 274 g/mol. The Hall–Kier alpha value is -2.94. The highest BCUT2D eigenvalue weighted by Crippen LogP contribution is 2.36. The fourth-order valence-corrected chi connectivity index (χ4v) is 3.16. The van der Waals surface area contributed by atoms with Crippen molar-refractivity contribution in [2.75, 3.05) is 0 Å². The third-order valence-corrected chi connectivity index (χ3v) is 4.02. The van der Waals surface area contributed by atoms with Crippen molar-refractivity contribution in [3.8, 4) is 0 Å². The zero-order valence-electron chi connectivity index (χ0n) is 11.0. The number of carboxylic acids is 1. The third kappa shape index (κ3) is 1.48. The van der Waals surface area contributed by atoms with E-state index in [1.165, 1.54) is 0 Å². The van der Waals surface area contributed by atoms with Crippen LogP contribution < -0.4 is 0 Å². The average Bonchev–Trinajstić information content (AvgIpc) is 2.51. The number of aromatic carboxylic acids is 1. The first-order valence-electron chi connectivity index (χ1n) is 6.59. The molecule has 3 nitrogen and oxygen atoms in total. The lowest BCUT2D eigenvalue weighted by atomic mass is 9.90. The predicted octanol–water partition coefficient (Wildman–Crippen LogP) is 4.09. The van der Waals surface area contributed by atoms with Crippen LogP contribution in [0.25, 0.3) is 32.3 Å². The normalized spacial score (nSPS) is 11.4. The van der Waals surface area contributed by atoms with Crippen LogP contribution >= 0.6 is 0 Å². The molecule has 0 atom stereocenters. The second-order valence-electron chi connectivity index (χ2n) is 5.12. The van der Waals surface area contributed by atoms with Crippen LogP contribution in [-0.4, -0.2) is 17.4 Å². The Bertz CT molecular complexity index is 1020. The zero-order valence-corrected chi connectivity index (χ0v) is 11.0. The summed E-state index contributed by atoms with van der Waals surface area (Å²) >= 11 is 0. The van der Waals surface area contributed by atoms with Crippen LogP contribution in [0.2, 0.25) is 0 Å². The summed E-state index contributed by atoms with van der Waals surface area (Å²) in [6.07, 6.45) is 0.609. The molecule has 21 heavy (non-hydrogen) atoms. The van der Waals surface area contributed by atoms with Gasteiger partial charge in [-0.15, -0.1) is 0 Å². The fraction of sp³-hybridized carbons (Fsp3) is 0. The smallest absolute Gasteiger partial charge is 0.337 e. The maximum atomic E-state index is 11.6. The van der Waals surface area contributed by atoms with Gasteiger partial charge in [0.1, 0.15) is 0 Å². The topological polar surface area (TPSA) is 54.4 Å². The minimum Gasteiger partial charge on any atom is -0.478 e. The van der Waals surface area contributed by atoms with E-state index >= 15 is 0 Å². The van der Waals surface area contributed by atoms with Crippen molar-refractivity contribution in [3.63, 3.8) is 0 Å². The Morgan fingerprint density at radius 1 is 0.905 bits per heavy atom. The summed E-state index contributed by atoms with van der Waals surface area (Å²) < 4.78 is 0. The Morgan fingerprint density at radius 3 is 2.24 bits per heavy atom. The van der Waals surface area contributed by atoms with Crippen LogP contribution in [0.5, 0.6) is 0 Å². The van der Waals surface area contributed by atoms with Crippen molar-refractivity contribution in [1.82, 2.24) is 0 Å². The zero-order chi connectivity index (χ0) is 14.6. The molecule has 0 aliphatic rings. The predicted molar refractivity (Wildman–Crippen MR) is 82.5 cm³/mol. The van der Waals surface area contributed by atoms with Gasteiger partial charge in [0.15, 0.2) is 6.29 Å². The molecule has 4 rings (SSSR count). The number of rotatable bonds is 2. The molecule has 4 aromatic rings. The minimum absolute atomic E-state index is 0.0794. The first-order valence-corrected chi connectivity index (χ1v) is 6.59. The van der Waals surface area contributed by atoms with E-state index in [-0.39, 0.29) is 11.1 Å². The van der Waals surface area contributed by atoms with Gasteiger partial charge in [-0.05, 0) is 38.4 Å². The van der Waals surface area contributed by atoms with Gasteiger partial charge in [-0.1, -0.05) is 42.5 Å². The molecule has 100 valence electrons. The largest absolute Gasteiger partial charge is 0.478 e. The molecule has 0 saturated carbocycles. The van der Waals surface area contributed by atoms with Crippen LogP contribution in [0, 0.1) is 0 Å². The molecule has 3 heteroatoms. The Labute approximate surface area is 119 Å². The highest BCUT2D eigenvalue weighted by atomic mass is 16.4. The number of carbonyl (C=O) groups is 2. The minimum atomic E-state index is -1.07. The van der Waals surface area contributed by atoms with Crippen molar-refractivity contribution in [1.29, 1.82) is 0 Å². The molecule has 0 saturated heterocycles. The van der Waals surface area contributed by atoms with E-state index in [1.54, 1.807) is 12.1 Å². The number of hydrogen-bond donors (Lipinski definition) is 1. The Kier molecular flexibility index (Phi) is 2.27. The molecule has 0 aliphatic carbocycles. The molecule has 0 spiro atoms. The van der Waals surface area contributed by atoms with E-state index in [0.717, 1.165) is 26.9 Å². The van der Waals surface area contributed by atoms with Gasteiger partial charge in [0.05, 0.1) is 5.56 Å². The second-order valence-corrected chi connectivity index (χ2v) is 5.12. The maximum absolute atomic E-state index is 11.6. The molecule has 0 amide bonds. The SMILES string of the molecule is O=Cc1cc2ccc3cccc4ccc(c1C(=O)O)c2c34. The quantitative estimate of drug-likeness (QED) is 0.442. The molecule has 0 aliphatic heterocycles. The summed E-state index contributed by atoms with van der Waals surface area (Å²) in [5.41, 5.74) is 0.295. The molecular formula is C18H10O3. The number of hydrogen-bond acceptors (Lipinski definition) is 2. The van der Waals surface area contributed by atoms with Crippen LogP contribution in [-0.2, 0) is 0 Å². The van der Waals surface area contributed by atoms with Gasteiger partial charge >= 0.3 is 5.97 Å². The van der Waals surface area contributed by atoms with Gasteiger partial charge in [-0.25, -0.2) is 4.79 Å². The standard InChI is InChI=1S/C18H10O3/c19-9-13-8-12-5-4-10-2-1-3-11-6-7-14(16(12)15(10)11)17(13)18(20)21/h1-9H,(H,20,21). The van der Waals surface area contributed by atoms with E-state index in [4.69, 9.17) is 0 Å². The first-order chi connectivity index (χ1) is 10.2. The molecule has 0 heterocycles. The highest BCUT2D eigenvalue weighted by molar-refractivity contribution is 6.27. The number of aldehydes is 1. The van der Waals surface area contributed by atoms with E-state index in [1.807, 2.05) is 36.4 Å². The molecule has 0 radical (unpaired) electrons. The lowest BCUT2D eigenvalue weighted by Gasteiger charge is -2.13. The lowest BCUT2D eigenvalue weighted by Crippen LogP contribution is -2.03. The molecule has 0 bridgehead atoms. The number of carbonyl (C=O) groups excluding carboxylic acids is 1. The monoisotopic (exact) mass is 274 g/mol. The van der Waals surface area contributed by atoms with Crippen molar-refractivity contribution in [2.24, 2.45) is 0 Å². The maximum Gasteiger partial charge on any atom is 0.337 e. The van der Waals surface area contributed by atoms with Gasteiger partial charge in [0, 0.05) is 5.56 Å². The highest BCUT2D eigenvalue weighted by Gasteiger charge is 2.18. The third-order valence-electron chi connectivity index (χ3n) is 4.02. The van der Waals surface area contributed by atoms with Gasteiger partial charge in [0.2, 0.25) is 0 Å². The molecule has 1 N–H and O–H groups in total. The summed E-state index contributed by atoms with van der Waals surface area (Å²) in [5, 5.41) is 15.1. The Balaban J connectivity index is 2.38. The molecule has 0 unspecified atom stereocenters. The van der Waals surface area contributed by atoms with Crippen LogP contribution in [0.3, 0.4) is 0 Å². The van der Waals surface area contributed by atoms with Gasteiger partial charge in [0.25, 0.3) is 0 Å². The summed E-state index contributed by atoms with van der Waals surface area (Å²) in [7, 11) is 0. The molecule has 0 fully saturated rings. The fourth-order valence-electron chi connectivity index (χ4n) is 3.16. The van der Waals surface area contributed by atoms with Crippen molar-refractivity contribution in [3.05, 3.63) is 59.7 Å². The lowest BCUT2D eigenvalue weighted by molar-refractivity contribution is 0.0696. The second kappa shape index (κ2) is 4.03. The Morgan fingerprint density at radius 2 is 1.57 bits per heavy atom. The summed E-state index contributed by atoms with van der Waals surface area (Å²) in [6, 6.07) is 15.3. The van der Waals surface area contributed by atoms with E-state index in [9.17, 15) is 14.7 Å². The number of benzene rings is 4. The van der Waals surface area contributed by atoms with Crippen molar-refractivity contribution in [2.45, 2.75) is 0 Å². The number of carboxylic acid groups (broad SMARTS) is 1. The van der Waals surface area contributed by atoms with Crippen LogP contribution in [0.1, 0.15) is 20.7 Å². The van der Waals surface area contributed by atoms with Gasteiger partial charge in [-0.3, -0.25) is 4.79 Å². The van der Waals surface area contributed by atoms with Gasteiger partial charge in [-0.2, -0.15) is 0 Å². The molecule has 0 aromatic heterocycles. The molecule has 4 aromatic carbocycles. The summed E-state index contributed by atoms with van der Waals surface area (Å²) in [6.45, 7) is 0. The van der Waals surface area contributed by atoms with Crippen molar-refractivity contribution < 1.29 is 14.7 Å². The molecular weight excluding hydrogens is 264 g/mol.